The highest BCUT2D eigenvalue weighted by molar-refractivity contribution is 5.68. The molecule has 0 aromatic rings. The van der Waals surface area contributed by atoms with Gasteiger partial charge in [-0.25, -0.2) is 4.79 Å². The van der Waals surface area contributed by atoms with E-state index >= 15 is 0 Å². The third-order valence-electron chi connectivity index (χ3n) is 2.42. The molecule has 1 amide bonds. The number of carbonyl (C=O) groups is 1. The van der Waals surface area contributed by atoms with Gasteiger partial charge in [-0.2, -0.15) is 0 Å². The predicted octanol–water partition coefficient (Wildman–Crippen LogP) is 1.16. The lowest BCUT2D eigenvalue weighted by Crippen LogP contribution is -2.45. The number of aliphatic hydroxyl groups is 1. The molecule has 1 rings (SSSR count). The minimum absolute atomic E-state index is 0.0142. The summed E-state index contributed by atoms with van der Waals surface area (Å²) in [4.78, 5) is 13.1. The summed E-state index contributed by atoms with van der Waals surface area (Å²) in [7, 11) is 0. The monoisotopic (exact) mass is 199 g/mol. The zero-order chi connectivity index (χ0) is 10.4. The van der Waals surface area contributed by atoms with Crippen LogP contribution in [-0.2, 0) is 4.74 Å². The van der Waals surface area contributed by atoms with Gasteiger partial charge in [-0.05, 0) is 19.3 Å². The highest BCUT2D eigenvalue weighted by Crippen LogP contribution is 2.24. The van der Waals surface area contributed by atoms with Crippen molar-refractivity contribution in [1.29, 1.82) is 0 Å². The Morgan fingerprint density at radius 3 is 2.79 bits per heavy atom. The van der Waals surface area contributed by atoms with Crippen LogP contribution in [-0.4, -0.2) is 41.9 Å². The summed E-state index contributed by atoms with van der Waals surface area (Å²) in [6, 6.07) is 0.263. The number of rotatable bonds is 5. The standard InChI is InChI=1S/C10H17NO3/c1-2-8-14-10(13)11(6-7-12)9-4-3-5-9/h2,9,12H,1,3-8H2. The van der Waals surface area contributed by atoms with Gasteiger partial charge in [0, 0.05) is 12.6 Å². The number of hydrogen-bond acceptors (Lipinski definition) is 3. The molecule has 0 spiro atoms. The number of carbonyl (C=O) groups excluding carboxylic acids is 1. The molecular formula is C10H17NO3. The highest BCUT2D eigenvalue weighted by Gasteiger charge is 2.28. The van der Waals surface area contributed by atoms with Gasteiger partial charge in [-0.3, -0.25) is 0 Å². The van der Waals surface area contributed by atoms with Crippen molar-refractivity contribution in [3.05, 3.63) is 12.7 Å². The Bertz CT molecular complexity index is 202. The van der Waals surface area contributed by atoms with Gasteiger partial charge in [0.05, 0.1) is 6.61 Å². The van der Waals surface area contributed by atoms with Crippen LogP contribution in [0.2, 0.25) is 0 Å². The zero-order valence-corrected chi connectivity index (χ0v) is 8.32. The van der Waals surface area contributed by atoms with Crippen LogP contribution >= 0.6 is 0 Å². The van der Waals surface area contributed by atoms with E-state index in [1.54, 1.807) is 4.90 Å². The molecule has 1 fully saturated rings. The first-order valence-corrected chi connectivity index (χ1v) is 4.94. The van der Waals surface area contributed by atoms with Gasteiger partial charge in [0.25, 0.3) is 0 Å². The Hall–Kier alpha value is -1.03. The third-order valence-corrected chi connectivity index (χ3v) is 2.42. The van der Waals surface area contributed by atoms with Gasteiger partial charge in [-0.1, -0.05) is 12.7 Å². The zero-order valence-electron chi connectivity index (χ0n) is 8.32. The summed E-state index contributed by atoms with van der Waals surface area (Å²) in [5.74, 6) is 0. The minimum atomic E-state index is -0.344. The Labute approximate surface area is 84.2 Å². The van der Waals surface area contributed by atoms with Crippen molar-refractivity contribution in [1.82, 2.24) is 4.90 Å². The van der Waals surface area contributed by atoms with Crippen LogP contribution in [0.25, 0.3) is 0 Å². The molecule has 0 saturated heterocycles. The fourth-order valence-corrected chi connectivity index (χ4v) is 1.44. The lowest BCUT2D eigenvalue weighted by Gasteiger charge is -2.36. The van der Waals surface area contributed by atoms with Crippen molar-refractivity contribution in [2.24, 2.45) is 0 Å². The topological polar surface area (TPSA) is 49.8 Å². The van der Waals surface area contributed by atoms with Crippen LogP contribution in [0.1, 0.15) is 19.3 Å². The normalized spacial score (nSPS) is 15.8. The third kappa shape index (κ3) is 2.73. The summed E-state index contributed by atoms with van der Waals surface area (Å²) < 4.78 is 4.92. The molecule has 0 aromatic carbocycles. The molecule has 1 saturated carbocycles. The first-order valence-electron chi connectivity index (χ1n) is 4.94. The molecule has 80 valence electrons. The second-order valence-electron chi connectivity index (χ2n) is 3.37. The van der Waals surface area contributed by atoms with Crippen molar-refractivity contribution >= 4 is 6.09 Å². The summed E-state index contributed by atoms with van der Waals surface area (Å²) in [6.07, 6.45) is 4.38. The smallest absolute Gasteiger partial charge is 0.410 e. The van der Waals surface area contributed by atoms with Crippen molar-refractivity contribution < 1.29 is 14.6 Å². The molecule has 1 N–H and O–H groups in total. The van der Waals surface area contributed by atoms with E-state index in [0.29, 0.717) is 6.54 Å². The summed E-state index contributed by atoms with van der Waals surface area (Å²) >= 11 is 0. The van der Waals surface area contributed by atoms with Gasteiger partial charge in [0.2, 0.25) is 0 Å². The SMILES string of the molecule is C=CCOC(=O)N(CCO)C1CCC1. The van der Waals surface area contributed by atoms with Gasteiger partial charge in [-0.15, -0.1) is 0 Å². The lowest BCUT2D eigenvalue weighted by molar-refractivity contribution is 0.0638. The summed E-state index contributed by atoms with van der Waals surface area (Å²) in [5.41, 5.74) is 0. The van der Waals surface area contributed by atoms with E-state index in [2.05, 4.69) is 6.58 Å². The van der Waals surface area contributed by atoms with Crippen LogP contribution in [0.15, 0.2) is 12.7 Å². The number of nitrogens with zero attached hydrogens (tertiary/aromatic N) is 1. The molecule has 0 aromatic heterocycles. The van der Waals surface area contributed by atoms with Crippen LogP contribution < -0.4 is 0 Å². The molecule has 0 aliphatic heterocycles. The summed E-state index contributed by atoms with van der Waals surface area (Å²) in [6.45, 7) is 4.05. The van der Waals surface area contributed by atoms with Gasteiger partial charge >= 0.3 is 6.09 Å². The Morgan fingerprint density at radius 1 is 1.64 bits per heavy atom. The number of amides is 1. The van der Waals surface area contributed by atoms with E-state index in [0.717, 1.165) is 19.3 Å². The first kappa shape index (κ1) is 11.0. The van der Waals surface area contributed by atoms with Crippen molar-refractivity contribution in [2.45, 2.75) is 25.3 Å². The molecule has 0 radical (unpaired) electrons. The fraction of sp³-hybridized carbons (Fsp3) is 0.700. The van der Waals surface area contributed by atoms with E-state index in [-0.39, 0.29) is 25.3 Å². The maximum absolute atomic E-state index is 11.5. The average molecular weight is 199 g/mol. The van der Waals surface area contributed by atoms with E-state index < -0.39 is 0 Å². The van der Waals surface area contributed by atoms with E-state index in [1.165, 1.54) is 6.08 Å². The molecule has 4 heteroatoms. The largest absolute Gasteiger partial charge is 0.445 e. The second kappa shape index (κ2) is 5.65. The van der Waals surface area contributed by atoms with Crippen molar-refractivity contribution in [2.75, 3.05) is 19.8 Å². The predicted molar refractivity (Wildman–Crippen MR) is 53.0 cm³/mol. The maximum atomic E-state index is 11.5. The molecule has 1 aliphatic rings. The highest BCUT2D eigenvalue weighted by atomic mass is 16.6. The Morgan fingerprint density at radius 2 is 2.36 bits per heavy atom. The first-order chi connectivity index (χ1) is 6.79. The Balaban J connectivity index is 2.39. The van der Waals surface area contributed by atoms with E-state index in [9.17, 15) is 4.79 Å². The van der Waals surface area contributed by atoms with Crippen LogP contribution in [0.5, 0.6) is 0 Å². The molecule has 4 nitrogen and oxygen atoms in total. The number of hydrogen-bond donors (Lipinski definition) is 1. The molecule has 0 heterocycles. The lowest BCUT2D eigenvalue weighted by atomic mass is 9.92. The maximum Gasteiger partial charge on any atom is 0.410 e. The van der Waals surface area contributed by atoms with Crippen molar-refractivity contribution in [3.63, 3.8) is 0 Å². The molecule has 0 atom stereocenters. The van der Waals surface area contributed by atoms with Crippen LogP contribution in [0, 0.1) is 0 Å². The molecule has 0 unspecified atom stereocenters. The molecule has 0 bridgehead atoms. The molecular weight excluding hydrogens is 182 g/mol. The minimum Gasteiger partial charge on any atom is -0.445 e. The fourth-order valence-electron chi connectivity index (χ4n) is 1.44. The molecule has 14 heavy (non-hydrogen) atoms. The average Bonchev–Trinajstić information content (AvgIpc) is 2.10. The van der Waals surface area contributed by atoms with Gasteiger partial charge in [0.1, 0.15) is 6.61 Å². The van der Waals surface area contributed by atoms with Crippen LogP contribution in [0.3, 0.4) is 0 Å². The van der Waals surface area contributed by atoms with E-state index in [1.807, 2.05) is 0 Å². The van der Waals surface area contributed by atoms with E-state index in [4.69, 9.17) is 9.84 Å². The quantitative estimate of drug-likeness (QED) is 0.676. The van der Waals surface area contributed by atoms with Crippen LogP contribution in [0.4, 0.5) is 4.79 Å². The molecule has 1 aliphatic carbocycles. The second-order valence-corrected chi connectivity index (χ2v) is 3.37. The number of aliphatic hydroxyl groups excluding tert-OH is 1. The summed E-state index contributed by atoms with van der Waals surface area (Å²) in [5, 5.41) is 8.81. The van der Waals surface area contributed by atoms with Crippen molar-refractivity contribution in [3.8, 4) is 0 Å². The number of ether oxygens (including phenoxy) is 1. The van der Waals surface area contributed by atoms with Gasteiger partial charge < -0.3 is 14.7 Å². The van der Waals surface area contributed by atoms with Gasteiger partial charge in [0.15, 0.2) is 0 Å². The Kier molecular flexibility index (Phi) is 4.46.